The van der Waals surface area contributed by atoms with Crippen molar-refractivity contribution < 1.29 is 4.79 Å². The van der Waals surface area contributed by atoms with Gasteiger partial charge in [0.05, 0.1) is 11.4 Å². The van der Waals surface area contributed by atoms with Gasteiger partial charge in [-0.3, -0.25) is 9.58 Å². The lowest BCUT2D eigenvalue weighted by Crippen LogP contribution is -2.28. The van der Waals surface area contributed by atoms with E-state index in [0.717, 1.165) is 30.9 Å². The zero-order valence-electron chi connectivity index (χ0n) is 8.45. The van der Waals surface area contributed by atoms with Gasteiger partial charge in [-0.1, -0.05) is 6.92 Å². The number of anilines is 1. The molecular formula is C9H14N4O. The van der Waals surface area contributed by atoms with E-state index in [1.807, 2.05) is 20.2 Å². The number of hydrogen-bond acceptors (Lipinski definition) is 2. The minimum Gasteiger partial charge on any atom is -0.336 e. The standard InChI is InChI=1S/C9H14N4O/c1-3-7-8(6-12(2)11-7)13-5-4-10-9(13)14/h6H,3-5H2,1-2H3,(H,10,14). The Bertz CT molecular complexity index is 358. The maximum atomic E-state index is 11.4. The number of nitrogens with one attached hydrogen (secondary N) is 1. The van der Waals surface area contributed by atoms with Crippen molar-refractivity contribution in [1.82, 2.24) is 15.1 Å². The van der Waals surface area contributed by atoms with Crippen molar-refractivity contribution >= 4 is 11.7 Å². The molecule has 1 aliphatic heterocycles. The first-order valence-corrected chi connectivity index (χ1v) is 4.80. The molecule has 0 unspecified atom stereocenters. The third-order valence-corrected chi connectivity index (χ3v) is 2.37. The van der Waals surface area contributed by atoms with Crippen LogP contribution >= 0.6 is 0 Å². The van der Waals surface area contributed by atoms with Gasteiger partial charge in [-0.2, -0.15) is 5.10 Å². The van der Waals surface area contributed by atoms with E-state index in [1.165, 1.54) is 0 Å². The molecule has 1 fully saturated rings. The van der Waals surface area contributed by atoms with E-state index in [9.17, 15) is 4.79 Å². The minimum atomic E-state index is -0.0206. The first-order valence-electron chi connectivity index (χ1n) is 4.80. The Morgan fingerprint density at radius 1 is 1.64 bits per heavy atom. The Labute approximate surface area is 82.7 Å². The molecule has 5 nitrogen and oxygen atoms in total. The molecule has 0 aliphatic carbocycles. The maximum absolute atomic E-state index is 11.4. The third kappa shape index (κ3) is 1.34. The topological polar surface area (TPSA) is 50.2 Å². The smallest absolute Gasteiger partial charge is 0.322 e. The molecule has 76 valence electrons. The number of aromatic nitrogens is 2. The van der Waals surface area contributed by atoms with Gasteiger partial charge in [0.15, 0.2) is 0 Å². The molecule has 2 heterocycles. The summed E-state index contributed by atoms with van der Waals surface area (Å²) in [6.45, 7) is 3.49. The number of carbonyl (C=O) groups is 1. The van der Waals surface area contributed by atoms with Gasteiger partial charge in [-0.15, -0.1) is 0 Å². The third-order valence-electron chi connectivity index (χ3n) is 2.37. The molecule has 0 radical (unpaired) electrons. The fourth-order valence-electron chi connectivity index (χ4n) is 1.70. The van der Waals surface area contributed by atoms with Crippen LogP contribution in [-0.4, -0.2) is 28.9 Å². The van der Waals surface area contributed by atoms with Crippen molar-refractivity contribution in [2.24, 2.45) is 7.05 Å². The highest BCUT2D eigenvalue weighted by Crippen LogP contribution is 2.20. The second-order valence-corrected chi connectivity index (χ2v) is 3.37. The van der Waals surface area contributed by atoms with E-state index in [2.05, 4.69) is 10.4 Å². The summed E-state index contributed by atoms with van der Waals surface area (Å²) in [7, 11) is 1.87. The molecule has 0 aromatic carbocycles. The van der Waals surface area contributed by atoms with Crippen molar-refractivity contribution in [3.05, 3.63) is 11.9 Å². The molecule has 1 saturated heterocycles. The zero-order chi connectivity index (χ0) is 10.1. The van der Waals surface area contributed by atoms with Gasteiger partial charge in [0.2, 0.25) is 0 Å². The normalized spacial score (nSPS) is 16.1. The lowest BCUT2D eigenvalue weighted by Gasteiger charge is -2.12. The van der Waals surface area contributed by atoms with Crippen LogP contribution in [0.15, 0.2) is 6.20 Å². The number of aryl methyl sites for hydroxylation is 2. The fourth-order valence-corrected chi connectivity index (χ4v) is 1.70. The summed E-state index contributed by atoms with van der Waals surface area (Å²) >= 11 is 0. The number of amides is 2. The predicted octanol–water partition coefficient (Wildman–Crippen LogP) is 0.512. The van der Waals surface area contributed by atoms with Gasteiger partial charge in [0.1, 0.15) is 0 Å². The lowest BCUT2D eigenvalue weighted by atomic mass is 10.3. The van der Waals surface area contributed by atoms with Gasteiger partial charge >= 0.3 is 6.03 Å². The van der Waals surface area contributed by atoms with E-state index in [0.29, 0.717) is 0 Å². The van der Waals surface area contributed by atoms with Crippen LogP contribution in [0.3, 0.4) is 0 Å². The second-order valence-electron chi connectivity index (χ2n) is 3.37. The number of urea groups is 1. The Balaban J connectivity index is 2.34. The SMILES string of the molecule is CCc1nn(C)cc1N1CCNC1=O. The molecule has 1 aromatic heterocycles. The molecule has 14 heavy (non-hydrogen) atoms. The molecular weight excluding hydrogens is 180 g/mol. The van der Waals surface area contributed by atoms with E-state index < -0.39 is 0 Å². The first-order chi connectivity index (χ1) is 6.72. The van der Waals surface area contributed by atoms with Crippen LogP contribution in [0.4, 0.5) is 10.5 Å². The monoisotopic (exact) mass is 194 g/mol. The van der Waals surface area contributed by atoms with Crippen LogP contribution < -0.4 is 10.2 Å². The summed E-state index contributed by atoms with van der Waals surface area (Å²) in [5.41, 5.74) is 1.91. The average Bonchev–Trinajstić information content (AvgIpc) is 2.71. The fraction of sp³-hybridized carbons (Fsp3) is 0.556. The highest BCUT2D eigenvalue weighted by Gasteiger charge is 2.24. The average molecular weight is 194 g/mol. The van der Waals surface area contributed by atoms with Crippen molar-refractivity contribution in [2.45, 2.75) is 13.3 Å². The molecule has 5 heteroatoms. The van der Waals surface area contributed by atoms with Crippen LogP contribution in [0, 0.1) is 0 Å². The maximum Gasteiger partial charge on any atom is 0.322 e. The summed E-state index contributed by atoms with van der Waals surface area (Å²) in [4.78, 5) is 13.2. The number of hydrogen-bond donors (Lipinski definition) is 1. The molecule has 0 saturated carbocycles. The van der Waals surface area contributed by atoms with Gasteiger partial charge in [0.25, 0.3) is 0 Å². The van der Waals surface area contributed by atoms with Crippen LogP contribution in [0.1, 0.15) is 12.6 Å². The lowest BCUT2D eigenvalue weighted by molar-refractivity contribution is 0.252. The Morgan fingerprint density at radius 3 is 3.00 bits per heavy atom. The van der Waals surface area contributed by atoms with Gasteiger partial charge < -0.3 is 5.32 Å². The number of rotatable bonds is 2. The van der Waals surface area contributed by atoms with Gasteiger partial charge in [-0.05, 0) is 6.42 Å². The molecule has 2 rings (SSSR count). The number of nitrogens with zero attached hydrogens (tertiary/aromatic N) is 3. The molecule has 0 bridgehead atoms. The summed E-state index contributed by atoms with van der Waals surface area (Å²) in [5.74, 6) is 0. The Hall–Kier alpha value is -1.52. The molecule has 0 spiro atoms. The van der Waals surface area contributed by atoms with Crippen molar-refractivity contribution in [1.29, 1.82) is 0 Å². The van der Waals surface area contributed by atoms with Gasteiger partial charge in [0, 0.05) is 26.3 Å². The van der Waals surface area contributed by atoms with E-state index >= 15 is 0 Å². The van der Waals surface area contributed by atoms with Crippen molar-refractivity contribution in [2.75, 3.05) is 18.0 Å². The Kier molecular flexibility index (Phi) is 2.15. The van der Waals surface area contributed by atoms with Crippen molar-refractivity contribution in [3.8, 4) is 0 Å². The molecule has 0 atom stereocenters. The van der Waals surface area contributed by atoms with E-state index in [1.54, 1.807) is 9.58 Å². The molecule has 1 N–H and O–H groups in total. The van der Waals surface area contributed by atoms with Crippen LogP contribution in [0.5, 0.6) is 0 Å². The molecule has 2 amide bonds. The predicted molar refractivity (Wildman–Crippen MR) is 53.3 cm³/mol. The minimum absolute atomic E-state index is 0.0206. The largest absolute Gasteiger partial charge is 0.336 e. The van der Waals surface area contributed by atoms with Crippen LogP contribution in [0.25, 0.3) is 0 Å². The first kappa shape index (κ1) is 9.05. The summed E-state index contributed by atoms with van der Waals surface area (Å²) < 4.78 is 1.75. The van der Waals surface area contributed by atoms with E-state index in [4.69, 9.17) is 0 Å². The second kappa shape index (κ2) is 3.32. The zero-order valence-corrected chi connectivity index (χ0v) is 8.45. The number of carbonyl (C=O) groups excluding carboxylic acids is 1. The molecule has 1 aromatic rings. The summed E-state index contributed by atoms with van der Waals surface area (Å²) in [5, 5.41) is 7.08. The van der Waals surface area contributed by atoms with Crippen LogP contribution in [-0.2, 0) is 13.5 Å². The van der Waals surface area contributed by atoms with Gasteiger partial charge in [-0.25, -0.2) is 4.79 Å². The highest BCUT2D eigenvalue weighted by atomic mass is 16.2. The highest BCUT2D eigenvalue weighted by molar-refractivity contribution is 5.94. The molecule has 1 aliphatic rings. The van der Waals surface area contributed by atoms with Crippen molar-refractivity contribution in [3.63, 3.8) is 0 Å². The van der Waals surface area contributed by atoms with Crippen LogP contribution in [0.2, 0.25) is 0 Å². The van der Waals surface area contributed by atoms with E-state index in [-0.39, 0.29) is 6.03 Å². The summed E-state index contributed by atoms with van der Waals surface area (Å²) in [6, 6.07) is -0.0206. The summed E-state index contributed by atoms with van der Waals surface area (Å²) in [6.07, 6.45) is 2.74. The quantitative estimate of drug-likeness (QED) is 0.745. The Morgan fingerprint density at radius 2 is 2.43 bits per heavy atom.